The van der Waals surface area contributed by atoms with Crippen LogP contribution in [0.5, 0.6) is 0 Å². The molecule has 0 bridgehead atoms. The minimum atomic E-state index is 0.186. The van der Waals surface area contributed by atoms with E-state index < -0.39 is 0 Å². The number of benzene rings is 2. The van der Waals surface area contributed by atoms with E-state index in [1.807, 2.05) is 6.07 Å². The molecule has 0 unspecified atom stereocenters. The molecule has 2 aliphatic rings. The summed E-state index contributed by atoms with van der Waals surface area (Å²) in [4.78, 5) is 0. The fraction of sp³-hybridized carbons (Fsp3) is 0.364. The molecule has 1 aliphatic heterocycles. The van der Waals surface area contributed by atoms with Crippen LogP contribution in [0.15, 0.2) is 54.6 Å². The third-order valence-corrected chi connectivity index (χ3v) is 5.80. The van der Waals surface area contributed by atoms with Gasteiger partial charge in [-0.2, -0.15) is 0 Å². The summed E-state index contributed by atoms with van der Waals surface area (Å²) in [5.41, 5.74) is 5.36. The lowest BCUT2D eigenvalue weighted by Crippen LogP contribution is -2.29. The fourth-order valence-electron chi connectivity index (χ4n) is 4.10. The summed E-state index contributed by atoms with van der Waals surface area (Å²) in [6, 6.07) is 15.7. The van der Waals surface area contributed by atoms with Crippen LogP contribution in [0.2, 0.25) is 5.02 Å². The van der Waals surface area contributed by atoms with E-state index in [1.165, 1.54) is 16.7 Å². The lowest BCUT2D eigenvalue weighted by Gasteiger charge is -2.38. The molecule has 2 heteroatoms. The standard InChI is InChI=1S/C22H24ClN/c1-22(2,3)15-12-10-14(11-13-15)20-17-7-4-6-16(17)18-8-5-9-19(23)21(18)24-20/h4-6,8-13,16-17,20,24H,7H2,1-3H3/t16-,17+,20-/m0/s1. The molecular weight excluding hydrogens is 314 g/mol. The van der Waals surface area contributed by atoms with Gasteiger partial charge in [0.1, 0.15) is 0 Å². The van der Waals surface area contributed by atoms with Crippen LogP contribution in [0.25, 0.3) is 0 Å². The molecule has 0 aromatic heterocycles. The average molecular weight is 338 g/mol. The number of rotatable bonds is 1. The first kappa shape index (κ1) is 15.8. The Hall–Kier alpha value is -1.73. The molecule has 0 spiro atoms. The highest BCUT2D eigenvalue weighted by Crippen LogP contribution is 2.51. The second-order valence-corrected chi connectivity index (χ2v) is 8.46. The molecule has 24 heavy (non-hydrogen) atoms. The molecule has 2 aromatic rings. The molecule has 0 radical (unpaired) electrons. The molecule has 0 saturated carbocycles. The fourth-order valence-corrected chi connectivity index (χ4v) is 4.34. The molecule has 1 heterocycles. The first-order chi connectivity index (χ1) is 11.4. The molecule has 124 valence electrons. The summed E-state index contributed by atoms with van der Waals surface area (Å²) in [7, 11) is 0. The first-order valence-corrected chi connectivity index (χ1v) is 9.15. The van der Waals surface area contributed by atoms with Crippen LogP contribution >= 0.6 is 11.6 Å². The van der Waals surface area contributed by atoms with E-state index in [9.17, 15) is 0 Å². The van der Waals surface area contributed by atoms with Gasteiger partial charge in [0.05, 0.1) is 16.8 Å². The highest BCUT2D eigenvalue weighted by Gasteiger charge is 2.38. The lowest BCUT2D eigenvalue weighted by molar-refractivity contribution is 0.425. The van der Waals surface area contributed by atoms with Crippen LogP contribution in [-0.2, 0) is 5.41 Å². The predicted octanol–water partition coefficient (Wildman–Crippen LogP) is 6.46. The molecule has 2 aromatic carbocycles. The van der Waals surface area contributed by atoms with E-state index in [2.05, 4.69) is 74.6 Å². The van der Waals surface area contributed by atoms with Gasteiger partial charge in [-0.25, -0.2) is 0 Å². The van der Waals surface area contributed by atoms with Gasteiger partial charge in [0.15, 0.2) is 0 Å². The average Bonchev–Trinajstić information content (AvgIpc) is 3.04. The Balaban J connectivity index is 1.73. The quantitative estimate of drug-likeness (QED) is 0.588. The topological polar surface area (TPSA) is 12.0 Å². The van der Waals surface area contributed by atoms with E-state index >= 15 is 0 Å². The van der Waals surface area contributed by atoms with Gasteiger partial charge in [0.25, 0.3) is 0 Å². The van der Waals surface area contributed by atoms with Crippen molar-refractivity contribution in [1.82, 2.24) is 0 Å². The lowest BCUT2D eigenvalue weighted by atomic mass is 9.76. The number of nitrogens with one attached hydrogen (secondary N) is 1. The van der Waals surface area contributed by atoms with Crippen LogP contribution in [0, 0.1) is 5.92 Å². The zero-order valence-electron chi connectivity index (χ0n) is 14.5. The molecule has 1 N–H and O–H groups in total. The first-order valence-electron chi connectivity index (χ1n) is 8.77. The van der Waals surface area contributed by atoms with Gasteiger partial charge in [-0.3, -0.25) is 0 Å². The summed E-state index contributed by atoms with van der Waals surface area (Å²) in [5.74, 6) is 1.03. The zero-order chi connectivity index (χ0) is 16.9. The monoisotopic (exact) mass is 337 g/mol. The summed E-state index contributed by atoms with van der Waals surface area (Å²) >= 11 is 6.48. The highest BCUT2D eigenvalue weighted by molar-refractivity contribution is 6.33. The van der Waals surface area contributed by atoms with Gasteiger partial charge in [-0.05, 0) is 40.5 Å². The van der Waals surface area contributed by atoms with Crippen molar-refractivity contribution in [3.05, 3.63) is 76.3 Å². The van der Waals surface area contributed by atoms with Crippen molar-refractivity contribution in [1.29, 1.82) is 0 Å². The van der Waals surface area contributed by atoms with Crippen molar-refractivity contribution in [2.75, 3.05) is 5.32 Å². The van der Waals surface area contributed by atoms with Gasteiger partial charge in [-0.15, -0.1) is 0 Å². The Morgan fingerprint density at radius 1 is 1.04 bits per heavy atom. The van der Waals surface area contributed by atoms with Crippen LogP contribution in [0.1, 0.15) is 55.8 Å². The van der Waals surface area contributed by atoms with Crippen molar-refractivity contribution in [3.8, 4) is 0 Å². The molecule has 1 nitrogen and oxygen atoms in total. The molecule has 0 amide bonds. The number of hydrogen-bond donors (Lipinski definition) is 1. The van der Waals surface area contributed by atoms with Gasteiger partial charge < -0.3 is 5.32 Å². The minimum absolute atomic E-state index is 0.186. The van der Waals surface area contributed by atoms with Gasteiger partial charge in [0, 0.05) is 5.92 Å². The number of anilines is 1. The molecule has 3 atom stereocenters. The van der Waals surface area contributed by atoms with Crippen molar-refractivity contribution in [2.45, 2.75) is 44.6 Å². The number of fused-ring (bicyclic) bond motifs is 3. The largest absolute Gasteiger partial charge is 0.376 e. The minimum Gasteiger partial charge on any atom is -0.376 e. The number of para-hydroxylation sites is 1. The Labute approximate surface area is 149 Å². The molecule has 1 aliphatic carbocycles. The van der Waals surface area contributed by atoms with Crippen LogP contribution < -0.4 is 5.32 Å². The van der Waals surface area contributed by atoms with Crippen LogP contribution in [0.3, 0.4) is 0 Å². The zero-order valence-corrected chi connectivity index (χ0v) is 15.3. The van der Waals surface area contributed by atoms with Crippen molar-refractivity contribution in [3.63, 3.8) is 0 Å². The van der Waals surface area contributed by atoms with Gasteiger partial charge in [0.2, 0.25) is 0 Å². The normalized spacial score (nSPS) is 25.1. The highest BCUT2D eigenvalue weighted by atomic mass is 35.5. The maximum Gasteiger partial charge on any atom is 0.0640 e. The van der Waals surface area contributed by atoms with Crippen molar-refractivity contribution in [2.24, 2.45) is 5.92 Å². The Morgan fingerprint density at radius 2 is 1.79 bits per heavy atom. The molecule has 0 saturated heterocycles. The second-order valence-electron chi connectivity index (χ2n) is 8.05. The van der Waals surface area contributed by atoms with Crippen LogP contribution in [0.4, 0.5) is 5.69 Å². The Kier molecular flexibility index (Phi) is 3.73. The van der Waals surface area contributed by atoms with E-state index in [-0.39, 0.29) is 5.41 Å². The second kappa shape index (κ2) is 5.67. The Morgan fingerprint density at radius 3 is 2.50 bits per heavy atom. The number of halogens is 1. The summed E-state index contributed by atoms with van der Waals surface area (Å²) < 4.78 is 0. The van der Waals surface area contributed by atoms with E-state index in [4.69, 9.17) is 11.6 Å². The van der Waals surface area contributed by atoms with E-state index in [1.54, 1.807) is 0 Å². The summed E-state index contributed by atoms with van der Waals surface area (Å²) in [6.45, 7) is 6.77. The maximum absolute atomic E-state index is 6.48. The van der Waals surface area contributed by atoms with E-state index in [0.29, 0.717) is 17.9 Å². The Bertz CT molecular complexity index is 783. The third-order valence-electron chi connectivity index (χ3n) is 5.48. The smallest absolute Gasteiger partial charge is 0.0640 e. The van der Waals surface area contributed by atoms with E-state index in [0.717, 1.165) is 17.1 Å². The van der Waals surface area contributed by atoms with Gasteiger partial charge in [-0.1, -0.05) is 80.9 Å². The summed E-state index contributed by atoms with van der Waals surface area (Å²) in [5, 5.41) is 4.56. The molecule has 4 rings (SSSR count). The molecule has 0 fully saturated rings. The SMILES string of the molecule is CC(C)(C)c1ccc([C@@H]2Nc3c(Cl)cccc3[C@H]3C=CC[C@H]32)cc1. The third kappa shape index (κ3) is 2.56. The molecular formula is C22H24ClN. The van der Waals surface area contributed by atoms with Crippen molar-refractivity contribution >= 4 is 17.3 Å². The van der Waals surface area contributed by atoms with Crippen molar-refractivity contribution < 1.29 is 0 Å². The number of hydrogen-bond acceptors (Lipinski definition) is 1. The maximum atomic E-state index is 6.48. The van der Waals surface area contributed by atoms with Crippen LogP contribution in [-0.4, -0.2) is 0 Å². The predicted molar refractivity (Wildman–Crippen MR) is 103 cm³/mol. The number of allylic oxidation sites excluding steroid dienone is 2. The summed E-state index contributed by atoms with van der Waals surface area (Å²) in [6.07, 6.45) is 5.80. The van der Waals surface area contributed by atoms with Gasteiger partial charge >= 0.3 is 0 Å².